The number of rotatable bonds is 9. The van der Waals surface area contributed by atoms with E-state index in [1.165, 1.54) is 13.1 Å². The molecule has 0 aliphatic rings. The molecular formula is C24H24N2O5. The molecular weight excluding hydrogens is 396 g/mol. The van der Waals surface area contributed by atoms with E-state index in [0.717, 1.165) is 11.3 Å². The average molecular weight is 420 g/mol. The molecule has 1 atom stereocenters. The van der Waals surface area contributed by atoms with Gasteiger partial charge in [0.1, 0.15) is 17.1 Å². The molecule has 0 radical (unpaired) electrons. The summed E-state index contributed by atoms with van der Waals surface area (Å²) in [5.74, 6) is 0.373. The first-order valence-corrected chi connectivity index (χ1v) is 9.86. The van der Waals surface area contributed by atoms with E-state index < -0.39 is 12.1 Å². The lowest BCUT2D eigenvalue weighted by Gasteiger charge is -2.15. The molecule has 0 bridgehead atoms. The number of carbonyl (C=O) groups excluding carboxylic acids is 2. The van der Waals surface area contributed by atoms with Crippen LogP contribution in [0.25, 0.3) is 0 Å². The molecule has 0 spiro atoms. The van der Waals surface area contributed by atoms with Gasteiger partial charge in [0.15, 0.2) is 6.10 Å². The SMILES string of the molecule is COc1ccc(CCNC(=O)C(C)OC(=O)c2cccnc2Oc2ccccc2)cc1. The van der Waals surface area contributed by atoms with Gasteiger partial charge in [-0.05, 0) is 55.3 Å². The van der Waals surface area contributed by atoms with Gasteiger partial charge >= 0.3 is 5.97 Å². The van der Waals surface area contributed by atoms with Crippen LogP contribution < -0.4 is 14.8 Å². The van der Waals surface area contributed by atoms with Gasteiger partial charge in [0.05, 0.1) is 7.11 Å². The van der Waals surface area contributed by atoms with Gasteiger partial charge in [0.25, 0.3) is 5.91 Å². The second kappa shape index (κ2) is 10.8. The van der Waals surface area contributed by atoms with Crippen LogP contribution in [0.3, 0.4) is 0 Å². The molecule has 1 heterocycles. The molecule has 0 aliphatic heterocycles. The lowest BCUT2D eigenvalue weighted by atomic mass is 10.1. The van der Waals surface area contributed by atoms with Crippen molar-refractivity contribution in [2.45, 2.75) is 19.4 Å². The van der Waals surface area contributed by atoms with Gasteiger partial charge in [-0.15, -0.1) is 0 Å². The molecule has 3 aromatic rings. The number of esters is 1. The third-order valence-electron chi connectivity index (χ3n) is 4.47. The van der Waals surface area contributed by atoms with Crippen molar-refractivity contribution >= 4 is 11.9 Å². The van der Waals surface area contributed by atoms with E-state index in [-0.39, 0.29) is 17.4 Å². The summed E-state index contributed by atoms with van der Waals surface area (Å²) in [6.45, 7) is 1.94. The number of methoxy groups -OCH3 is 1. The molecule has 0 aliphatic carbocycles. The molecule has 160 valence electrons. The summed E-state index contributed by atoms with van der Waals surface area (Å²) >= 11 is 0. The third-order valence-corrected chi connectivity index (χ3v) is 4.47. The quantitative estimate of drug-likeness (QED) is 0.530. The minimum absolute atomic E-state index is 0.116. The number of hydrogen-bond donors (Lipinski definition) is 1. The average Bonchev–Trinajstić information content (AvgIpc) is 2.80. The zero-order valence-electron chi connectivity index (χ0n) is 17.4. The summed E-state index contributed by atoms with van der Waals surface area (Å²) in [4.78, 5) is 29.0. The van der Waals surface area contributed by atoms with Crippen molar-refractivity contribution in [3.8, 4) is 17.4 Å². The fourth-order valence-corrected chi connectivity index (χ4v) is 2.77. The number of nitrogens with zero attached hydrogens (tertiary/aromatic N) is 1. The van der Waals surface area contributed by atoms with Crippen LogP contribution in [-0.4, -0.2) is 36.6 Å². The van der Waals surface area contributed by atoms with Crippen molar-refractivity contribution < 1.29 is 23.8 Å². The Balaban J connectivity index is 1.53. The highest BCUT2D eigenvalue weighted by molar-refractivity contribution is 5.94. The molecule has 3 rings (SSSR count). The number of hydrogen-bond acceptors (Lipinski definition) is 6. The summed E-state index contributed by atoms with van der Waals surface area (Å²) in [5, 5.41) is 2.78. The fraction of sp³-hybridized carbons (Fsp3) is 0.208. The van der Waals surface area contributed by atoms with Crippen molar-refractivity contribution in [2.75, 3.05) is 13.7 Å². The van der Waals surface area contributed by atoms with Gasteiger partial charge in [-0.1, -0.05) is 30.3 Å². The van der Waals surface area contributed by atoms with Gasteiger partial charge in [0, 0.05) is 12.7 Å². The van der Waals surface area contributed by atoms with Crippen molar-refractivity contribution in [1.29, 1.82) is 0 Å². The number of carbonyl (C=O) groups is 2. The molecule has 1 unspecified atom stereocenters. The summed E-state index contributed by atoms with van der Waals surface area (Å²) < 4.78 is 16.1. The van der Waals surface area contributed by atoms with Crippen molar-refractivity contribution in [3.05, 3.63) is 84.1 Å². The van der Waals surface area contributed by atoms with Crippen LogP contribution in [-0.2, 0) is 16.0 Å². The first-order chi connectivity index (χ1) is 15.1. The molecule has 0 fully saturated rings. The maximum Gasteiger partial charge on any atom is 0.344 e. The zero-order chi connectivity index (χ0) is 22.1. The Labute approximate surface area is 181 Å². The molecule has 0 saturated heterocycles. The number of para-hydroxylation sites is 1. The number of benzene rings is 2. The summed E-state index contributed by atoms with van der Waals surface area (Å²) in [6.07, 6.45) is 1.20. The van der Waals surface area contributed by atoms with Gasteiger partial charge in [-0.3, -0.25) is 4.79 Å². The van der Waals surface area contributed by atoms with E-state index in [1.807, 2.05) is 42.5 Å². The normalized spacial score (nSPS) is 11.3. The van der Waals surface area contributed by atoms with E-state index >= 15 is 0 Å². The first kappa shape index (κ1) is 21.8. The predicted molar refractivity (Wildman–Crippen MR) is 115 cm³/mol. The highest BCUT2D eigenvalue weighted by Crippen LogP contribution is 2.23. The molecule has 1 N–H and O–H groups in total. The minimum Gasteiger partial charge on any atom is -0.497 e. The zero-order valence-corrected chi connectivity index (χ0v) is 17.4. The Morgan fingerprint density at radius 2 is 1.71 bits per heavy atom. The second-order valence-corrected chi connectivity index (χ2v) is 6.71. The molecule has 7 nitrogen and oxygen atoms in total. The van der Waals surface area contributed by atoms with Crippen LogP contribution in [0.1, 0.15) is 22.8 Å². The monoisotopic (exact) mass is 420 g/mol. The van der Waals surface area contributed by atoms with Crippen molar-refractivity contribution in [1.82, 2.24) is 10.3 Å². The lowest BCUT2D eigenvalue weighted by Crippen LogP contribution is -2.37. The maximum atomic E-state index is 12.6. The van der Waals surface area contributed by atoms with Crippen LogP contribution in [0.2, 0.25) is 0 Å². The molecule has 0 saturated carbocycles. The standard InChI is InChI=1S/C24H24N2O5/c1-17(22(27)25-16-14-18-10-12-19(29-2)13-11-18)30-24(28)21-9-6-15-26-23(21)31-20-7-4-3-5-8-20/h3-13,15,17H,14,16H2,1-2H3,(H,25,27). The van der Waals surface area contributed by atoms with Crippen molar-refractivity contribution in [2.24, 2.45) is 0 Å². The third kappa shape index (κ3) is 6.30. The van der Waals surface area contributed by atoms with E-state index in [2.05, 4.69) is 10.3 Å². The molecule has 1 aromatic heterocycles. The minimum atomic E-state index is -0.965. The van der Waals surface area contributed by atoms with Crippen LogP contribution >= 0.6 is 0 Å². The van der Waals surface area contributed by atoms with Crippen LogP contribution in [0.4, 0.5) is 0 Å². The maximum absolute atomic E-state index is 12.6. The first-order valence-electron chi connectivity index (χ1n) is 9.86. The highest BCUT2D eigenvalue weighted by atomic mass is 16.6. The number of nitrogens with one attached hydrogen (secondary N) is 1. The molecule has 1 amide bonds. The second-order valence-electron chi connectivity index (χ2n) is 6.71. The summed E-state index contributed by atoms with van der Waals surface area (Å²) in [6, 6.07) is 19.7. The van der Waals surface area contributed by atoms with E-state index in [9.17, 15) is 9.59 Å². The van der Waals surface area contributed by atoms with Gasteiger partial charge in [-0.25, -0.2) is 9.78 Å². The Morgan fingerprint density at radius 3 is 2.42 bits per heavy atom. The summed E-state index contributed by atoms with van der Waals surface area (Å²) in [5.41, 5.74) is 1.20. The fourth-order valence-electron chi connectivity index (χ4n) is 2.77. The van der Waals surface area contributed by atoms with Gasteiger partial charge < -0.3 is 19.5 Å². The number of ether oxygens (including phenoxy) is 3. The molecule has 31 heavy (non-hydrogen) atoms. The number of amides is 1. The van der Waals surface area contributed by atoms with Crippen LogP contribution in [0.5, 0.6) is 17.4 Å². The summed E-state index contributed by atoms with van der Waals surface area (Å²) in [7, 11) is 1.61. The smallest absolute Gasteiger partial charge is 0.344 e. The van der Waals surface area contributed by atoms with E-state index in [0.29, 0.717) is 18.7 Å². The Morgan fingerprint density at radius 1 is 0.968 bits per heavy atom. The van der Waals surface area contributed by atoms with Crippen LogP contribution in [0.15, 0.2) is 72.9 Å². The molecule has 2 aromatic carbocycles. The van der Waals surface area contributed by atoms with Gasteiger partial charge in [0.2, 0.25) is 5.88 Å². The Kier molecular flexibility index (Phi) is 7.59. The van der Waals surface area contributed by atoms with E-state index in [1.54, 1.807) is 31.4 Å². The lowest BCUT2D eigenvalue weighted by molar-refractivity contribution is -0.129. The van der Waals surface area contributed by atoms with Crippen molar-refractivity contribution in [3.63, 3.8) is 0 Å². The Hall–Kier alpha value is -3.87. The topological polar surface area (TPSA) is 86.8 Å². The van der Waals surface area contributed by atoms with E-state index in [4.69, 9.17) is 14.2 Å². The predicted octanol–water partition coefficient (Wildman–Crippen LogP) is 3.79. The Bertz CT molecular complexity index is 1010. The number of pyridine rings is 1. The van der Waals surface area contributed by atoms with Gasteiger partial charge in [-0.2, -0.15) is 0 Å². The van der Waals surface area contributed by atoms with Crippen LogP contribution in [0, 0.1) is 0 Å². The largest absolute Gasteiger partial charge is 0.497 e. The molecule has 7 heteroatoms. The highest BCUT2D eigenvalue weighted by Gasteiger charge is 2.22. The number of aromatic nitrogens is 1.